The highest BCUT2D eigenvalue weighted by molar-refractivity contribution is 7.46. The minimum Gasteiger partial charge on any atom is -0.462 e. The van der Waals surface area contributed by atoms with Gasteiger partial charge in [0, 0.05) is 12.8 Å². The fraction of sp³-hybridized carbons (Fsp3) is 0.765. The van der Waals surface area contributed by atoms with Gasteiger partial charge >= 0.3 is 19.8 Å². The van der Waals surface area contributed by atoms with Gasteiger partial charge in [-0.3, -0.25) is 14.1 Å². The van der Waals surface area contributed by atoms with Gasteiger partial charge in [0.25, 0.3) is 0 Å². The second kappa shape index (κ2) is 28.7. The number of aliphatic hydroxyl groups is 1. The Bertz CT molecular complexity index is 850. The first-order chi connectivity index (χ1) is 21.1. The molecular formula is C34H61O9P. The maximum atomic E-state index is 12.3. The highest BCUT2D eigenvalue weighted by Gasteiger charge is 2.22. The highest BCUT2D eigenvalue weighted by Crippen LogP contribution is 2.36. The van der Waals surface area contributed by atoms with Crippen LogP contribution in [0.4, 0.5) is 0 Å². The maximum Gasteiger partial charge on any atom is 0.469 e. The van der Waals surface area contributed by atoms with Crippen LogP contribution in [-0.4, -0.2) is 52.3 Å². The van der Waals surface area contributed by atoms with Gasteiger partial charge < -0.3 is 24.4 Å². The minimum atomic E-state index is -4.76. The van der Waals surface area contributed by atoms with E-state index >= 15 is 0 Å². The van der Waals surface area contributed by atoms with Crippen molar-refractivity contribution in [2.24, 2.45) is 5.92 Å². The third-order valence-electron chi connectivity index (χ3n) is 7.29. The first kappa shape index (κ1) is 42.2. The molecule has 0 rings (SSSR count). The number of allylic oxidation sites excluding steroid dienone is 4. The summed E-state index contributed by atoms with van der Waals surface area (Å²) in [5.74, 6) is -0.166. The van der Waals surface area contributed by atoms with Crippen molar-refractivity contribution in [3.8, 4) is 0 Å². The average Bonchev–Trinajstić information content (AvgIpc) is 2.98. The van der Waals surface area contributed by atoms with Crippen LogP contribution in [0.25, 0.3) is 0 Å². The van der Waals surface area contributed by atoms with Crippen LogP contribution >= 0.6 is 7.82 Å². The van der Waals surface area contributed by atoms with Crippen molar-refractivity contribution >= 4 is 19.8 Å². The second-order valence-corrected chi connectivity index (χ2v) is 12.8. The Hall–Kier alpha value is -1.77. The monoisotopic (exact) mass is 644 g/mol. The lowest BCUT2D eigenvalue weighted by Crippen LogP contribution is -2.29. The quantitative estimate of drug-likeness (QED) is 0.0241. The number of rotatable bonds is 29. The molecule has 0 spiro atoms. The number of carbonyl (C=O) groups is 2. The van der Waals surface area contributed by atoms with Crippen LogP contribution in [0.3, 0.4) is 0 Å². The van der Waals surface area contributed by atoms with Crippen molar-refractivity contribution in [3.63, 3.8) is 0 Å². The number of esters is 2. The molecule has 0 aliphatic rings. The normalized spacial score (nSPS) is 14.4. The molecule has 0 heterocycles. The van der Waals surface area contributed by atoms with Crippen LogP contribution in [0.15, 0.2) is 36.5 Å². The Morgan fingerprint density at radius 1 is 0.773 bits per heavy atom. The van der Waals surface area contributed by atoms with Gasteiger partial charge in [0.2, 0.25) is 0 Å². The summed E-state index contributed by atoms with van der Waals surface area (Å²) in [7, 11) is -4.76. The molecule has 0 aromatic heterocycles. The smallest absolute Gasteiger partial charge is 0.462 e. The van der Waals surface area contributed by atoms with E-state index in [0.29, 0.717) is 19.3 Å². The summed E-state index contributed by atoms with van der Waals surface area (Å²) < 4.78 is 26.1. The first-order valence-corrected chi connectivity index (χ1v) is 18.3. The Kier molecular flexibility index (Phi) is 27.5. The number of phosphoric acid groups is 1. The van der Waals surface area contributed by atoms with Gasteiger partial charge in [0.1, 0.15) is 6.61 Å². The predicted octanol–water partition coefficient (Wildman–Crippen LogP) is 8.28. The Morgan fingerprint density at radius 3 is 2.02 bits per heavy atom. The van der Waals surface area contributed by atoms with Crippen molar-refractivity contribution < 1.29 is 43.0 Å². The standard InChI is InChI=1S/C34H61O9P/c1-4-6-18-24-31(35)25-20-15-10-8-7-9-11-17-22-27-34(37)43-32(29-42-44(38,39)40)28-41-33(36)26-21-16-13-12-14-19-23-30(3)5-2/h6,10,15,18,20,25,30-32,35H,4-5,7-9,11-14,16-17,19,21-24,26-29H2,1-3H3,(H2,38,39,40)/b15-10+,18-6+,25-20+/t30?,31?,32-/m1/s1. The van der Waals surface area contributed by atoms with Gasteiger partial charge in [-0.2, -0.15) is 0 Å². The lowest BCUT2D eigenvalue weighted by molar-refractivity contribution is -0.161. The van der Waals surface area contributed by atoms with E-state index in [4.69, 9.17) is 19.3 Å². The van der Waals surface area contributed by atoms with Crippen molar-refractivity contribution in [1.82, 2.24) is 0 Å². The van der Waals surface area contributed by atoms with Crippen molar-refractivity contribution in [2.45, 2.75) is 149 Å². The largest absolute Gasteiger partial charge is 0.469 e. The maximum absolute atomic E-state index is 12.3. The van der Waals surface area contributed by atoms with Crippen LogP contribution in [0.1, 0.15) is 136 Å². The van der Waals surface area contributed by atoms with Gasteiger partial charge in [-0.25, -0.2) is 4.57 Å². The zero-order chi connectivity index (χ0) is 32.9. The van der Waals surface area contributed by atoms with Crippen molar-refractivity contribution in [2.75, 3.05) is 13.2 Å². The van der Waals surface area contributed by atoms with Crippen LogP contribution in [0.5, 0.6) is 0 Å². The number of unbranched alkanes of at least 4 members (excludes halogenated alkanes) is 10. The summed E-state index contributed by atoms with van der Waals surface area (Å²) in [5, 5.41) is 9.81. The van der Waals surface area contributed by atoms with Gasteiger partial charge in [-0.15, -0.1) is 0 Å². The van der Waals surface area contributed by atoms with E-state index in [-0.39, 0.29) is 19.4 Å². The lowest BCUT2D eigenvalue weighted by atomic mass is 10.00. The third-order valence-corrected chi connectivity index (χ3v) is 7.78. The molecule has 0 saturated carbocycles. The second-order valence-electron chi connectivity index (χ2n) is 11.6. The third kappa shape index (κ3) is 30.3. The van der Waals surface area contributed by atoms with E-state index in [9.17, 15) is 19.3 Å². The molecule has 0 radical (unpaired) electrons. The lowest BCUT2D eigenvalue weighted by Gasteiger charge is -2.18. The summed E-state index contributed by atoms with van der Waals surface area (Å²) in [6, 6.07) is 0. The molecule has 9 nitrogen and oxygen atoms in total. The molecule has 3 atom stereocenters. The van der Waals surface area contributed by atoms with E-state index in [1.165, 1.54) is 25.7 Å². The van der Waals surface area contributed by atoms with Crippen LogP contribution in [0.2, 0.25) is 0 Å². The Labute approximate surface area is 266 Å². The Morgan fingerprint density at radius 2 is 1.39 bits per heavy atom. The molecule has 256 valence electrons. The molecule has 0 aliphatic heterocycles. The molecule has 44 heavy (non-hydrogen) atoms. The van der Waals surface area contributed by atoms with Gasteiger partial charge in [0.15, 0.2) is 6.10 Å². The number of phosphoric ester groups is 1. The van der Waals surface area contributed by atoms with E-state index < -0.39 is 38.6 Å². The zero-order valence-corrected chi connectivity index (χ0v) is 28.5. The van der Waals surface area contributed by atoms with E-state index in [1.807, 2.05) is 24.3 Å². The van der Waals surface area contributed by atoms with E-state index in [1.54, 1.807) is 6.08 Å². The first-order valence-electron chi connectivity index (χ1n) is 16.8. The molecule has 0 fully saturated rings. The molecule has 10 heteroatoms. The number of carbonyl (C=O) groups excluding carboxylic acids is 2. The minimum absolute atomic E-state index is 0.165. The zero-order valence-electron chi connectivity index (χ0n) is 27.6. The van der Waals surface area contributed by atoms with E-state index in [2.05, 4.69) is 31.4 Å². The topological polar surface area (TPSA) is 140 Å². The predicted molar refractivity (Wildman–Crippen MR) is 176 cm³/mol. The molecule has 0 aromatic carbocycles. The van der Waals surface area contributed by atoms with Gasteiger partial charge in [-0.1, -0.05) is 121 Å². The van der Waals surface area contributed by atoms with E-state index in [0.717, 1.165) is 63.7 Å². The van der Waals surface area contributed by atoms with Crippen LogP contribution < -0.4 is 0 Å². The summed E-state index contributed by atoms with van der Waals surface area (Å²) in [5.41, 5.74) is 0. The fourth-order valence-electron chi connectivity index (χ4n) is 4.38. The van der Waals surface area contributed by atoms with Gasteiger partial charge in [0.05, 0.1) is 12.7 Å². The molecule has 2 unspecified atom stereocenters. The molecule has 0 amide bonds. The molecule has 0 saturated heterocycles. The summed E-state index contributed by atoms with van der Waals surface area (Å²) in [6.45, 7) is 5.69. The molecule has 3 N–H and O–H groups in total. The average molecular weight is 645 g/mol. The summed E-state index contributed by atoms with van der Waals surface area (Å²) in [4.78, 5) is 42.5. The highest BCUT2D eigenvalue weighted by atomic mass is 31.2. The molecular weight excluding hydrogens is 583 g/mol. The summed E-state index contributed by atoms with van der Waals surface area (Å²) >= 11 is 0. The Balaban J connectivity index is 4.12. The SMILES string of the molecule is CC/C=C/CC(O)/C=C/C=C/CCCCCCCC(=O)O[C@H](COC(=O)CCCCCCCCC(C)CC)COP(=O)(O)O. The fourth-order valence-corrected chi connectivity index (χ4v) is 4.74. The number of aliphatic hydroxyl groups excluding tert-OH is 1. The molecule has 0 aromatic rings. The van der Waals surface area contributed by atoms with Gasteiger partial charge in [-0.05, 0) is 44.4 Å². The number of hydrogen-bond acceptors (Lipinski definition) is 7. The molecule has 0 aliphatic carbocycles. The van der Waals surface area contributed by atoms with Crippen molar-refractivity contribution in [3.05, 3.63) is 36.5 Å². The summed E-state index contributed by atoms with van der Waals surface area (Å²) in [6.07, 6.45) is 26.4. The molecule has 0 bridgehead atoms. The van der Waals surface area contributed by atoms with Crippen LogP contribution in [-0.2, 0) is 28.2 Å². The van der Waals surface area contributed by atoms with Crippen LogP contribution in [0, 0.1) is 5.92 Å². The number of ether oxygens (including phenoxy) is 2. The number of hydrogen-bond donors (Lipinski definition) is 3. The van der Waals surface area contributed by atoms with Crippen molar-refractivity contribution in [1.29, 1.82) is 0 Å².